The van der Waals surface area contributed by atoms with Crippen LogP contribution < -0.4 is 0 Å². The lowest BCUT2D eigenvalue weighted by Crippen LogP contribution is -2.20. The van der Waals surface area contributed by atoms with E-state index in [1.807, 2.05) is 6.08 Å². The Bertz CT molecular complexity index is 401. The topological polar surface area (TPSA) is 74.6 Å². The number of allylic oxidation sites excluding steroid dienone is 1. The van der Waals surface area contributed by atoms with E-state index in [1.165, 1.54) is 51.4 Å². The van der Waals surface area contributed by atoms with Crippen molar-refractivity contribution in [3.8, 4) is 0 Å². The Morgan fingerprint density at radius 3 is 1.77 bits per heavy atom. The van der Waals surface area contributed by atoms with Crippen molar-refractivity contribution in [3.05, 3.63) is 11.6 Å². The summed E-state index contributed by atoms with van der Waals surface area (Å²) in [5, 5.41) is 18.5. The predicted octanol–water partition coefficient (Wildman–Crippen LogP) is 6.59. The molecule has 0 saturated carbocycles. The number of rotatable bonds is 18. The molecule has 0 rings (SSSR count). The van der Waals surface area contributed by atoms with Crippen molar-refractivity contribution < 1.29 is 19.8 Å². The molecule has 0 bridgehead atoms. The second-order valence-electron chi connectivity index (χ2n) is 7.34. The second-order valence-corrected chi connectivity index (χ2v) is 7.34. The summed E-state index contributed by atoms with van der Waals surface area (Å²) in [5.41, 5.74) is 0.823. The molecule has 0 aliphatic rings. The SMILES string of the molecule is CCCCCCCC/C=C(/CCCCCCCC)C(CC(=O)O)C(=O)O. The Kier molecular flexibility index (Phi) is 16.2. The number of hydrogen-bond acceptors (Lipinski definition) is 2. The highest BCUT2D eigenvalue weighted by molar-refractivity contribution is 5.80. The molecule has 4 nitrogen and oxygen atoms in total. The highest BCUT2D eigenvalue weighted by atomic mass is 16.4. The first-order valence-corrected chi connectivity index (χ1v) is 10.7. The highest BCUT2D eigenvalue weighted by Gasteiger charge is 2.24. The van der Waals surface area contributed by atoms with Gasteiger partial charge in [0.2, 0.25) is 0 Å². The fourth-order valence-corrected chi connectivity index (χ4v) is 3.29. The minimum Gasteiger partial charge on any atom is -0.481 e. The van der Waals surface area contributed by atoms with Gasteiger partial charge in [0.15, 0.2) is 0 Å². The van der Waals surface area contributed by atoms with Gasteiger partial charge in [0.1, 0.15) is 0 Å². The molecule has 1 unspecified atom stereocenters. The number of unbranched alkanes of at least 4 members (excludes halogenated alkanes) is 11. The van der Waals surface area contributed by atoms with Crippen molar-refractivity contribution in [3.63, 3.8) is 0 Å². The van der Waals surface area contributed by atoms with Gasteiger partial charge in [-0.2, -0.15) is 0 Å². The van der Waals surface area contributed by atoms with E-state index in [9.17, 15) is 14.7 Å². The average molecular weight is 369 g/mol. The lowest BCUT2D eigenvalue weighted by Gasteiger charge is -2.15. The van der Waals surface area contributed by atoms with E-state index >= 15 is 0 Å². The molecule has 1 atom stereocenters. The monoisotopic (exact) mass is 368 g/mol. The van der Waals surface area contributed by atoms with Gasteiger partial charge in [0, 0.05) is 0 Å². The molecule has 0 aromatic rings. The first-order chi connectivity index (χ1) is 12.5. The number of carbonyl (C=O) groups is 2. The molecular weight excluding hydrogens is 328 g/mol. The van der Waals surface area contributed by atoms with E-state index in [4.69, 9.17) is 5.11 Å². The number of carboxylic acids is 2. The minimum atomic E-state index is -1.04. The molecule has 0 saturated heterocycles. The van der Waals surface area contributed by atoms with Crippen LogP contribution in [0.2, 0.25) is 0 Å². The van der Waals surface area contributed by atoms with Crippen LogP contribution in [0.1, 0.15) is 110 Å². The quantitative estimate of drug-likeness (QED) is 0.211. The lowest BCUT2D eigenvalue weighted by molar-refractivity contribution is -0.147. The zero-order valence-electron chi connectivity index (χ0n) is 17.0. The predicted molar refractivity (Wildman–Crippen MR) is 107 cm³/mol. The standard InChI is InChI=1S/C22H40O4/c1-3-5-7-9-11-13-15-17-19(16-14-12-10-8-6-4-2)20(22(25)26)18-21(23)24/h17,20H,3-16,18H2,1-2H3,(H,23,24)(H,25,26)/b19-17-. The lowest BCUT2D eigenvalue weighted by atomic mass is 9.90. The number of hydrogen-bond donors (Lipinski definition) is 2. The molecule has 0 heterocycles. The molecule has 26 heavy (non-hydrogen) atoms. The average Bonchev–Trinajstić information content (AvgIpc) is 2.60. The van der Waals surface area contributed by atoms with Gasteiger partial charge < -0.3 is 10.2 Å². The molecule has 0 fully saturated rings. The van der Waals surface area contributed by atoms with Crippen LogP contribution in [-0.2, 0) is 9.59 Å². The van der Waals surface area contributed by atoms with Crippen LogP contribution in [0.4, 0.5) is 0 Å². The van der Waals surface area contributed by atoms with Crippen molar-refractivity contribution in [1.82, 2.24) is 0 Å². The molecule has 0 aromatic heterocycles. The third-order valence-corrected chi connectivity index (χ3v) is 4.91. The van der Waals surface area contributed by atoms with Crippen molar-refractivity contribution in [1.29, 1.82) is 0 Å². The van der Waals surface area contributed by atoms with Crippen LogP contribution in [0.15, 0.2) is 11.6 Å². The summed E-state index contributed by atoms with van der Waals surface area (Å²) in [6.07, 6.45) is 17.4. The van der Waals surface area contributed by atoms with Gasteiger partial charge in [-0.25, -0.2) is 0 Å². The van der Waals surface area contributed by atoms with Gasteiger partial charge in [0.25, 0.3) is 0 Å². The van der Waals surface area contributed by atoms with Crippen molar-refractivity contribution in [2.24, 2.45) is 5.92 Å². The van der Waals surface area contributed by atoms with E-state index in [-0.39, 0.29) is 6.42 Å². The first kappa shape index (κ1) is 24.7. The highest BCUT2D eigenvalue weighted by Crippen LogP contribution is 2.24. The molecule has 0 aromatic carbocycles. The molecule has 4 heteroatoms. The van der Waals surface area contributed by atoms with Gasteiger partial charge in [0.05, 0.1) is 12.3 Å². The smallest absolute Gasteiger partial charge is 0.311 e. The third-order valence-electron chi connectivity index (χ3n) is 4.91. The summed E-state index contributed by atoms with van der Waals surface area (Å²) < 4.78 is 0. The fraction of sp³-hybridized carbons (Fsp3) is 0.818. The van der Waals surface area contributed by atoms with Crippen molar-refractivity contribution in [2.45, 2.75) is 110 Å². The molecule has 0 spiro atoms. The van der Waals surface area contributed by atoms with E-state index in [1.54, 1.807) is 0 Å². The maximum absolute atomic E-state index is 11.6. The van der Waals surface area contributed by atoms with E-state index in [2.05, 4.69) is 13.8 Å². The Balaban J connectivity index is 4.52. The Morgan fingerprint density at radius 1 is 0.769 bits per heavy atom. The van der Waals surface area contributed by atoms with Gasteiger partial charge >= 0.3 is 11.9 Å². The van der Waals surface area contributed by atoms with Crippen molar-refractivity contribution >= 4 is 11.9 Å². The van der Waals surface area contributed by atoms with Gasteiger partial charge in [-0.3, -0.25) is 9.59 Å². The van der Waals surface area contributed by atoms with Gasteiger partial charge in [-0.1, -0.05) is 89.7 Å². The maximum atomic E-state index is 11.6. The number of aliphatic carboxylic acids is 2. The minimum absolute atomic E-state index is 0.312. The van der Waals surface area contributed by atoms with Crippen LogP contribution >= 0.6 is 0 Å². The molecule has 0 amide bonds. The summed E-state index contributed by atoms with van der Waals surface area (Å²) in [7, 11) is 0. The summed E-state index contributed by atoms with van der Waals surface area (Å²) >= 11 is 0. The number of carboxylic acid groups (broad SMARTS) is 2. The summed E-state index contributed by atoms with van der Waals surface area (Å²) in [4.78, 5) is 22.6. The Hall–Kier alpha value is -1.32. The second kappa shape index (κ2) is 17.1. The van der Waals surface area contributed by atoms with E-state index < -0.39 is 17.9 Å². The summed E-state index contributed by atoms with van der Waals surface area (Å²) in [6.45, 7) is 4.39. The normalized spacial score (nSPS) is 12.9. The zero-order chi connectivity index (χ0) is 19.6. The van der Waals surface area contributed by atoms with Gasteiger partial charge in [-0.15, -0.1) is 0 Å². The first-order valence-electron chi connectivity index (χ1n) is 10.7. The van der Waals surface area contributed by atoms with Gasteiger partial charge in [-0.05, 0) is 25.7 Å². The van der Waals surface area contributed by atoms with E-state index in [0.29, 0.717) is 6.42 Å². The Labute approximate surface area is 160 Å². The maximum Gasteiger partial charge on any atom is 0.311 e. The van der Waals surface area contributed by atoms with Crippen LogP contribution in [0, 0.1) is 5.92 Å². The molecule has 2 N–H and O–H groups in total. The van der Waals surface area contributed by atoms with Crippen LogP contribution in [0.5, 0.6) is 0 Å². The fourth-order valence-electron chi connectivity index (χ4n) is 3.29. The Morgan fingerprint density at radius 2 is 1.27 bits per heavy atom. The molecule has 152 valence electrons. The van der Waals surface area contributed by atoms with Crippen molar-refractivity contribution in [2.75, 3.05) is 0 Å². The molecule has 0 aliphatic heterocycles. The van der Waals surface area contributed by atoms with Crippen LogP contribution in [-0.4, -0.2) is 22.2 Å². The molecule has 0 radical (unpaired) electrons. The largest absolute Gasteiger partial charge is 0.481 e. The summed E-state index contributed by atoms with van der Waals surface area (Å²) in [5.74, 6) is -2.92. The molecular formula is C22H40O4. The van der Waals surface area contributed by atoms with Crippen LogP contribution in [0.3, 0.4) is 0 Å². The zero-order valence-corrected chi connectivity index (χ0v) is 17.0. The molecule has 0 aliphatic carbocycles. The van der Waals surface area contributed by atoms with Crippen LogP contribution in [0.25, 0.3) is 0 Å². The van der Waals surface area contributed by atoms with E-state index in [0.717, 1.165) is 37.7 Å². The third kappa shape index (κ3) is 13.9. The summed E-state index contributed by atoms with van der Waals surface area (Å²) in [6, 6.07) is 0.